The molecule has 0 unspecified atom stereocenters. The van der Waals surface area contributed by atoms with Crippen molar-refractivity contribution < 1.29 is 19.4 Å². The van der Waals surface area contributed by atoms with Gasteiger partial charge in [-0.15, -0.1) is 0 Å². The summed E-state index contributed by atoms with van der Waals surface area (Å²) in [6.07, 6.45) is 5.90. The minimum Gasteiger partial charge on any atom is -0.478 e. The Morgan fingerprint density at radius 3 is 1.89 bits per heavy atom. The zero-order valence-corrected chi connectivity index (χ0v) is 11.6. The normalized spacial score (nSPS) is 40.2. The van der Waals surface area contributed by atoms with Crippen molar-refractivity contribution in [2.24, 2.45) is 29.6 Å². The molecule has 0 saturated heterocycles. The highest BCUT2D eigenvalue weighted by Crippen LogP contribution is 2.56. The molecule has 0 aliphatic heterocycles. The van der Waals surface area contributed by atoms with Crippen LogP contribution in [0.4, 0.5) is 0 Å². The molecule has 106 valence electrons. The van der Waals surface area contributed by atoms with Crippen LogP contribution in [0.2, 0.25) is 0 Å². The smallest absolute Gasteiger partial charge is 0.347 e. The fourth-order valence-corrected chi connectivity index (χ4v) is 4.67. The average Bonchev–Trinajstić information content (AvgIpc) is 2.26. The first-order valence-corrected chi connectivity index (χ1v) is 7.33. The van der Waals surface area contributed by atoms with Crippen LogP contribution in [0.25, 0.3) is 0 Å². The van der Waals surface area contributed by atoms with Crippen LogP contribution in [0.3, 0.4) is 0 Å². The van der Waals surface area contributed by atoms with E-state index in [4.69, 9.17) is 9.84 Å². The Morgan fingerprint density at radius 2 is 1.47 bits per heavy atom. The van der Waals surface area contributed by atoms with Gasteiger partial charge in [-0.3, -0.25) is 4.79 Å². The molecule has 0 amide bonds. The number of carbonyl (C=O) groups is 2. The van der Waals surface area contributed by atoms with Crippen LogP contribution in [0, 0.1) is 29.6 Å². The molecule has 19 heavy (non-hydrogen) atoms. The van der Waals surface area contributed by atoms with E-state index in [0.717, 1.165) is 37.5 Å². The molecule has 0 aromatic carbocycles. The Balaban J connectivity index is 1.72. The first-order valence-electron chi connectivity index (χ1n) is 7.33. The van der Waals surface area contributed by atoms with Crippen molar-refractivity contribution in [3.05, 3.63) is 0 Å². The Morgan fingerprint density at radius 1 is 1.00 bits per heavy atom. The molecule has 1 N–H and O–H groups in total. The molecular weight excluding hydrogens is 244 g/mol. The minimum atomic E-state index is -1.41. The van der Waals surface area contributed by atoms with Gasteiger partial charge in [0.25, 0.3) is 0 Å². The zero-order chi connectivity index (χ0) is 13.8. The number of hydrogen-bond donors (Lipinski definition) is 1. The Bertz CT molecular complexity index is 384. The molecule has 4 aliphatic rings. The number of ether oxygens (including phenoxy) is 1. The summed E-state index contributed by atoms with van der Waals surface area (Å²) in [7, 11) is 0. The Labute approximate surface area is 113 Å². The molecular formula is C15H22O4. The summed E-state index contributed by atoms with van der Waals surface area (Å²) in [6.45, 7) is 2.90. The lowest BCUT2D eigenvalue weighted by Crippen LogP contribution is -2.50. The maximum atomic E-state index is 12.4. The van der Waals surface area contributed by atoms with Crippen molar-refractivity contribution in [1.29, 1.82) is 0 Å². The average molecular weight is 266 g/mol. The molecule has 4 bridgehead atoms. The van der Waals surface area contributed by atoms with Crippen molar-refractivity contribution in [3.8, 4) is 0 Å². The van der Waals surface area contributed by atoms with Crippen molar-refractivity contribution in [2.75, 3.05) is 0 Å². The van der Waals surface area contributed by atoms with Gasteiger partial charge in [0, 0.05) is 0 Å². The van der Waals surface area contributed by atoms with Gasteiger partial charge in [0.2, 0.25) is 5.60 Å². The third kappa shape index (κ3) is 2.15. The number of carboxylic acid groups (broad SMARTS) is 1. The molecule has 4 aliphatic carbocycles. The van der Waals surface area contributed by atoms with Gasteiger partial charge in [-0.1, -0.05) is 0 Å². The fourth-order valence-electron chi connectivity index (χ4n) is 4.67. The van der Waals surface area contributed by atoms with Crippen molar-refractivity contribution in [2.45, 2.75) is 51.6 Å². The number of hydrogen-bond acceptors (Lipinski definition) is 3. The summed E-state index contributed by atoms with van der Waals surface area (Å²) in [6, 6.07) is 0. The van der Waals surface area contributed by atoms with E-state index in [1.807, 2.05) is 0 Å². The summed E-state index contributed by atoms with van der Waals surface area (Å²) >= 11 is 0. The van der Waals surface area contributed by atoms with Crippen LogP contribution in [-0.4, -0.2) is 22.6 Å². The van der Waals surface area contributed by atoms with E-state index in [2.05, 4.69) is 0 Å². The molecule has 0 radical (unpaired) electrons. The van der Waals surface area contributed by atoms with Gasteiger partial charge in [-0.2, -0.15) is 0 Å². The standard InChI is InChI=1S/C15H22O4/c1-15(2,14(17)18)19-13(16)12-10-4-8-3-9(6-10)7-11(12)5-8/h8-12H,3-7H2,1-2H3,(H,17,18). The largest absolute Gasteiger partial charge is 0.478 e. The summed E-state index contributed by atoms with van der Waals surface area (Å²) < 4.78 is 5.29. The van der Waals surface area contributed by atoms with Crippen LogP contribution in [0.5, 0.6) is 0 Å². The quantitative estimate of drug-likeness (QED) is 0.797. The first kappa shape index (κ1) is 12.9. The lowest BCUT2D eigenvalue weighted by atomic mass is 9.52. The third-order valence-electron chi connectivity index (χ3n) is 5.37. The first-order chi connectivity index (χ1) is 8.87. The number of aliphatic carboxylic acids is 1. The maximum Gasteiger partial charge on any atom is 0.347 e. The van der Waals surface area contributed by atoms with Crippen LogP contribution < -0.4 is 0 Å². The molecule has 4 fully saturated rings. The van der Waals surface area contributed by atoms with Gasteiger partial charge in [-0.05, 0) is 69.6 Å². The highest BCUT2D eigenvalue weighted by atomic mass is 16.6. The second kappa shape index (κ2) is 4.22. The van der Waals surface area contributed by atoms with Crippen molar-refractivity contribution >= 4 is 11.9 Å². The van der Waals surface area contributed by atoms with Gasteiger partial charge in [-0.25, -0.2) is 4.79 Å². The molecule has 0 aromatic rings. The molecule has 4 heteroatoms. The van der Waals surface area contributed by atoms with Gasteiger partial charge in [0.1, 0.15) is 0 Å². The van der Waals surface area contributed by atoms with E-state index in [9.17, 15) is 9.59 Å². The lowest BCUT2D eigenvalue weighted by molar-refractivity contribution is -0.185. The monoisotopic (exact) mass is 266 g/mol. The number of rotatable bonds is 3. The van der Waals surface area contributed by atoms with Crippen LogP contribution in [-0.2, 0) is 14.3 Å². The van der Waals surface area contributed by atoms with Crippen LogP contribution >= 0.6 is 0 Å². The van der Waals surface area contributed by atoms with Crippen molar-refractivity contribution in [1.82, 2.24) is 0 Å². The topological polar surface area (TPSA) is 63.6 Å². The van der Waals surface area contributed by atoms with Gasteiger partial charge in [0.15, 0.2) is 0 Å². The van der Waals surface area contributed by atoms with Crippen LogP contribution in [0.1, 0.15) is 46.0 Å². The highest BCUT2D eigenvalue weighted by Gasteiger charge is 2.52. The van der Waals surface area contributed by atoms with Gasteiger partial charge >= 0.3 is 11.9 Å². The minimum absolute atomic E-state index is 0.0496. The molecule has 4 saturated carbocycles. The fraction of sp³-hybridized carbons (Fsp3) is 0.867. The summed E-state index contributed by atoms with van der Waals surface area (Å²) in [5.74, 6) is 1.08. The lowest BCUT2D eigenvalue weighted by Gasteiger charge is -2.53. The third-order valence-corrected chi connectivity index (χ3v) is 5.37. The summed E-state index contributed by atoms with van der Waals surface area (Å²) in [5, 5.41) is 9.06. The highest BCUT2D eigenvalue weighted by molar-refractivity contribution is 5.82. The molecule has 4 nitrogen and oxygen atoms in total. The van der Waals surface area contributed by atoms with E-state index in [-0.39, 0.29) is 11.9 Å². The van der Waals surface area contributed by atoms with E-state index in [0.29, 0.717) is 11.8 Å². The van der Waals surface area contributed by atoms with Gasteiger partial charge in [0.05, 0.1) is 5.92 Å². The number of esters is 1. The molecule has 0 aromatic heterocycles. The Hall–Kier alpha value is -1.06. The molecule has 4 rings (SSSR count). The number of carbonyl (C=O) groups excluding carboxylic acids is 1. The second-order valence-corrected chi connectivity index (χ2v) is 7.19. The zero-order valence-electron chi connectivity index (χ0n) is 11.6. The molecule has 0 atom stereocenters. The van der Waals surface area contributed by atoms with E-state index in [1.54, 1.807) is 0 Å². The predicted molar refractivity (Wildman–Crippen MR) is 68.3 cm³/mol. The van der Waals surface area contributed by atoms with E-state index in [1.165, 1.54) is 20.3 Å². The molecule has 0 spiro atoms. The summed E-state index contributed by atoms with van der Waals surface area (Å²) in [4.78, 5) is 23.4. The SMILES string of the molecule is CC(C)(OC(=O)C1C2CC3CC(C2)CC1C3)C(=O)O. The van der Waals surface area contributed by atoms with Crippen LogP contribution in [0.15, 0.2) is 0 Å². The van der Waals surface area contributed by atoms with Crippen molar-refractivity contribution in [3.63, 3.8) is 0 Å². The molecule has 0 heterocycles. The predicted octanol–water partition coefficient (Wildman–Crippen LogP) is 2.47. The maximum absolute atomic E-state index is 12.4. The number of carboxylic acids is 1. The second-order valence-electron chi connectivity index (χ2n) is 7.19. The van der Waals surface area contributed by atoms with E-state index >= 15 is 0 Å². The summed E-state index contributed by atoms with van der Waals surface area (Å²) in [5.41, 5.74) is -1.41. The van der Waals surface area contributed by atoms with E-state index < -0.39 is 11.6 Å². The Kier molecular flexibility index (Phi) is 2.88. The van der Waals surface area contributed by atoms with Gasteiger partial charge < -0.3 is 9.84 Å².